The monoisotopic (exact) mass is 258 g/mol. The Morgan fingerprint density at radius 3 is 2.56 bits per heavy atom. The first-order valence-electron chi connectivity index (χ1n) is 6.10. The summed E-state index contributed by atoms with van der Waals surface area (Å²) in [7, 11) is 0. The van der Waals surface area contributed by atoms with Gasteiger partial charge in [0.15, 0.2) is 0 Å². The van der Waals surface area contributed by atoms with E-state index in [1.165, 1.54) is 16.0 Å². The Morgan fingerprint density at radius 1 is 1.06 bits per heavy atom. The second-order valence-electron chi connectivity index (χ2n) is 4.51. The van der Waals surface area contributed by atoms with Crippen molar-refractivity contribution in [3.05, 3.63) is 65.2 Å². The quantitative estimate of drug-likeness (QED) is 0.832. The van der Waals surface area contributed by atoms with Gasteiger partial charge in [-0.25, -0.2) is 0 Å². The van der Waals surface area contributed by atoms with Crippen LogP contribution in [0.15, 0.2) is 53.4 Å². The van der Waals surface area contributed by atoms with Gasteiger partial charge >= 0.3 is 0 Å². The van der Waals surface area contributed by atoms with E-state index in [1.807, 2.05) is 43.3 Å². The van der Waals surface area contributed by atoms with E-state index in [-0.39, 0.29) is 0 Å². The molecule has 0 heterocycles. The van der Waals surface area contributed by atoms with E-state index in [0.29, 0.717) is 5.75 Å². The van der Waals surface area contributed by atoms with E-state index in [9.17, 15) is 5.11 Å². The second-order valence-corrected chi connectivity index (χ2v) is 5.57. The second kappa shape index (κ2) is 6.07. The molecule has 0 radical (unpaired) electrons. The predicted octanol–water partition coefficient (Wildman–Crippen LogP) is 4.13. The van der Waals surface area contributed by atoms with Gasteiger partial charge in [-0.3, -0.25) is 0 Å². The molecule has 2 rings (SSSR count). The minimum atomic E-state index is -0.408. The average molecular weight is 258 g/mol. The molecule has 94 valence electrons. The molecule has 1 unspecified atom stereocenters. The molecule has 0 aliphatic carbocycles. The maximum absolute atomic E-state index is 10.2. The van der Waals surface area contributed by atoms with E-state index in [0.717, 1.165) is 5.56 Å². The van der Waals surface area contributed by atoms with E-state index in [4.69, 9.17) is 0 Å². The zero-order valence-corrected chi connectivity index (χ0v) is 11.6. The summed E-state index contributed by atoms with van der Waals surface area (Å²) in [5.74, 6) is 0.689. The van der Waals surface area contributed by atoms with Crippen molar-refractivity contribution in [1.82, 2.24) is 0 Å². The van der Waals surface area contributed by atoms with Crippen LogP contribution in [0, 0.1) is 13.8 Å². The molecule has 1 N–H and O–H groups in total. The zero-order chi connectivity index (χ0) is 13.0. The van der Waals surface area contributed by atoms with Crippen LogP contribution >= 0.6 is 11.8 Å². The molecule has 1 nitrogen and oxygen atoms in total. The number of aliphatic hydroxyl groups excluding tert-OH is 1. The first-order chi connectivity index (χ1) is 8.66. The van der Waals surface area contributed by atoms with Crippen LogP contribution in [-0.4, -0.2) is 10.9 Å². The van der Waals surface area contributed by atoms with E-state index >= 15 is 0 Å². The highest BCUT2D eigenvalue weighted by Crippen LogP contribution is 2.27. The lowest BCUT2D eigenvalue weighted by atomic mass is 10.1. The minimum absolute atomic E-state index is 0.408. The zero-order valence-electron chi connectivity index (χ0n) is 10.8. The van der Waals surface area contributed by atoms with Crippen molar-refractivity contribution < 1.29 is 5.11 Å². The van der Waals surface area contributed by atoms with Crippen LogP contribution in [-0.2, 0) is 0 Å². The number of hydrogen-bond acceptors (Lipinski definition) is 2. The lowest BCUT2D eigenvalue weighted by Crippen LogP contribution is -2.00. The number of aliphatic hydroxyl groups is 1. The molecule has 0 spiro atoms. The van der Waals surface area contributed by atoms with Gasteiger partial charge in [0.1, 0.15) is 0 Å². The van der Waals surface area contributed by atoms with Crippen molar-refractivity contribution in [2.75, 3.05) is 5.75 Å². The summed E-state index contributed by atoms with van der Waals surface area (Å²) in [6.07, 6.45) is -0.408. The summed E-state index contributed by atoms with van der Waals surface area (Å²) >= 11 is 1.71. The summed E-state index contributed by atoms with van der Waals surface area (Å²) in [4.78, 5) is 1.24. The van der Waals surface area contributed by atoms with Crippen LogP contribution in [0.2, 0.25) is 0 Å². The SMILES string of the molecule is Cc1cccc(C(O)CSc2ccccc2C)c1. The van der Waals surface area contributed by atoms with Crippen LogP contribution in [0.5, 0.6) is 0 Å². The molecule has 0 fully saturated rings. The van der Waals surface area contributed by atoms with Crippen LogP contribution < -0.4 is 0 Å². The first kappa shape index (κ1) is 13.2. The molecule has 0 saturated heterocycles. The largest absolute Gasteiger partial charge is 0.388 e. The van der Waals surface area contributed by atoms with Crippen LogP contribution in [0.4, 0.5) is 0 Å². The minimum Gasteiger partial charge on any atom is -0.388 e. The molecule has 0 amide bonds. The highest BCUT2D eigenvalue weighted by atomic mass is 32.2. The summed E-state index contributed by atoms with van der Waals surface area (Å²) in [6, 6.07) is 16.3. The highest BCUT2D eigenvalue weighted by Gasteiger charge is 2.08. The Hall–Kier alpha value is -1.25. The Balaban J connectivity index is 2.00. The van der Waals surface area contributed by atoms with Crippen molar-refractivity contribution in [3.63, 3.8) is 0 Å². The topological polar surface area (TPSA) is 20.2 Å². The van der Waals surface area contributed by atoms with E-state index in [1.54, 1.807) is 11.8 Å². The van der Waals surface area contributed by atoms with E-state index in [2.05, 4.69) is 19.1 Å². The van der Waals surface area contributed by atoms with Gasteiger partial charge in [-0.2, -0.15) is 0 Å². The lowest BCUT2D eigenvalue weighted by Gasteiger charge is -2.12. The average Bonchev–Trinajstić information content (AvgIpc) is 2.37. The molecular weight excluding hydrogens is 240 g/mol. The normalized spacial score (nSPS) is 12.4. The van der Waals surface area contributed by atoms with Crippen molar-refractivity contribution in [2.24, 2.45) is 0 Å². The molecule has 1 atom stereocenters. The van der Waals surface area contributed by atoms with Gasteiger partial charge in [-0.15, -0.1) is 11.8 Å². The highest BCUT2D eigenvalue weighted by molar-refractivity contribution is 7.99. The van der Waals surface area contributed by atoms with Crippen LogP contribution in [0.3, 0.4) is 0 Å². The van der Waals surface area contributed by atoms with Gasteiger partial charge in [-0.05, 0) is 31.0 Å². The fourth-order valence-electron chi connectivity index (χ4n) is 1.86. The van der Waals surface area contributed by atoms with Crippen LogP contribution in [0.25, 0.3) is 0 Å². The number of rotatable bonds is 4. The van der Waals surface area contributed by atoms with Crippen molar-refractivity contribution >= 4 is 11.8 Å². The fraction of sp³-hybridized carbons (Fsp3) is 0.250. The van der Waals surface area contributed by atoms with Gasteiger partial charge in [0, 0.05) is 10.6 Å². The number of hydrogen-bond donors (Lipinski definition) is 1. The molecule has 0 aliphatic rings. The predicted molar refractivity (Wildman–Crippen MR) is 78.0 cm³/mol. The van der Waals surface area contributed by atoms with Crippen molar-refractivity contribution in [1.29, 1.82) is 0 Å². The van der Waals surface area contributed by atoms with E-state index < -0.39 is 6.10 Å². The maximum Gasteiger partial charge on any atom is 0.0884 e. The van der Waals surface area contributed by atoms with Gasteiger partial charge < -0.3 is 5.11 Å². The smallest absolute Gasteiger partial charge is 0.0884 e. The first-order valence-corrected chi connectivity index (χ1v) is 7.08. The molecule has 2 heteroatoms. The molecule has 0 aromatic heterocycles. The van der Waals surface area contributed by atoms with Crippen LogP contribution in [0.1, 0.15) is 22.8 Å². The fourth-order valence-corrected chi connectivity index (χ4v) is 2.86. The molecule has 18 heavy (non-hydrogen) atoms. The number of benzene rings is 2. The van der Waals surface area contributed by atoms with Gasteiger partial charge in [0.05, 0.1) is 6.10 Å². The summed E-state index contributed by atoms with van der Waals surface area (Å²) in [6.45, 7) is 4.14. The standard InChI is InChI=1S/C16H18OS/c1-12-6-5-8-14(10-12)15(17)11-18-16-9-4-3-7-13(16)2/h3-10,15,17H,11H2,1-2H3. The summed E-state index contributed by atoms with van der Waals surface area (Å²) in [5.41, 5.74) is 3.45. The Labute approximate surface area is 113 Å². The van der Waals surface area contributed by atoms with Crippen molar-refractivity contribution in [2.45, 2.75) is 24.8 Å². The molecule has 2 aromatic rings. The summed E-state index contributed by atoms with van der Waals surface area (Å²) in [5, 5.41) is 10.2. The molecular formula is C16H18OS. The lowest BCUT2D eigenvalue weighted by molar-refractivity contribution is 0.204. The Bertz CT molecular complexity index is 522. The Morgan fingerprint density at radius 2 is 1.83 bits per heavy atom. The molecule has 0 saturated carbocycles. The number of thioether (sulfide) groups is 1. The summed E-state index contributed by atoms with van der Waals surface area (Å²) < 4.78 is 0. The molecule has 0 aliphatic heterocycles. The molecule has 0 bridgehead atoms. The third kappa shape index (κ3) is 3.37. The molecule has 2 aromatic carbocycles. The van der Waals surface area contributed by atoms with Gasteiger partial charge in [0.25, 0.3) is 0 Å². The van der Waals surface area contributed by atoms with Gasteiger partial charge in [-0.1, -0.05) is 48.0 Å². The maximum atomic E-state index is 10.2. The third-order valence-electron chi connectivity index (χ3n) is 2.92. The number of aryl methyl sites for hydroxylation is 2. The third-order valence-corrected chi connectivity index (χ3v) is 4.17. The van der Waals surface area contributed by atoms with Gasteiger partial charge in [0.2, 0.25) is 0 Å². The van der Waals surface area contributed by atoms with Crippen molar-refractivity contribution in [3.8, 4) is 0 Å². The Kier molecular flexibility index (Phi) is 4.45.